The highest BCUT2D eigenvalue weighted by Crippen LogP contribution is 1.92. The standard InChI is InChI=1S/C10H14N2O3/c1-7-5-9(14)8(6-12-7)10(15)11-3-2-4-13/h5-6,13H,2-4H2,1H3,(H,11,15)(H,12,14). The molecule has 0 unspecified atom stereocenters. The minimum absolute atomic E-state index is 0.0184. The minimum atomic E-state index is -0.412. The number of aromatic nitrogens is 1. The third kappa shape index (κ3) is 3.21. The lowest BCUT2D eigenvalue weighted by Crippen LogP contribution is -2.29. The second-order valence-electron chi connectivity index (χ2n) is 3.23. The van der Waals surface area contributed by atoms with Crippen LogP contribution in [0.15, 0.2) is 17.1 Å². The van der Waals surface area contributed by atoms with E-state index in [9.17, 15) is 9.59 Å². The van der Waals surface area contributed by atoms with Crippen LogP contribution in [0, 0.1) is 6.92 Å². The summed E-state index contributed by atoms with van der Waals surface area (Å²) in [5.41, 5.74) is 0.512. The highest BCUT2D eigenvalue weighted by molar-refractivity contribution is 5.93. The van der Waals surface area contributed by atoms with E-state index in [-0.39, 0.29) is 17.6 Å². The summed E-state index contributed by atoms with van der Waals surface area (Å²) < 4.78 is 0. The number of aliphatic hydroxyl groups is 1. The molecular formula is C10H14N2O3. The van der Waals surface area contributed by atoms with Gasteiger partial charge in [-0.25, -0.2) is 0 Å². The lowest BCUT2D eigenvalue weighted by Gasteiger charge is -2.03. The van der Waals surface area contributed by atoms with Crippen molar-refractivity contribution in [3.05, 3.63) is 33.7 Å². The van der Waals surface area contributed by atoms with Gasteiger partial charge in [0.1, 0.15) is 5.56 Å². The van der Waals surface area contributed by atoms with Gasteiger partial charge in [-0.3, -0.25) is 9.59 Å². The molecular weight excluding hydrogens is 196 g/mol. The largest absolute Gasteiger partial charge is 0.396 e. The summed E-state index contributed by atoms with van der Waals surface area (Å²) in [6, 6.07) is 1.38. The molecule has 15 heavy (non-hydrogen) atoms. The molecule has 5 heteroatoms. The van der Waals surface area contributed by atoms with E-state index in [1.165, 1.54) is 12.3 Å². The molecule has 0 saturated heterocycles. The first-order chi connectivity index (χ1) is 7.15. The fraction of sp³-hybridized carbons (Fsp3) is 0.400. The SMILES string of the molecule is Cc1cc(=O)c(C(=O)NCCCO)c[nH]1. The number of rotatable bonds is 4. The second kappa shape index (κ2) is 5.31. The summed E-state index contributed by atoms with van der Waals surface area (Å²) >= 11 is 0. The van der Waals surface area contributed by atoms with Crippen molar-refractivity contribution in [2.24, 2.45) is 0 Å². The van der Waals surface area contributed by atoms with Crippen molar-refractivity contribution in [2.45, 2.75) is 13.3 Å². The number of H-pyrrole nitrogens is 1. The van der Waals surface area contributed by atoms with Crippen molar-refractivity contribution in [3.8, 4) is 0 Å². The molecule has 3 N–H and O–H groups in total. The number of aryl methyl sites for hydroxylation is 1. The van der Waals surface area contributed by atoms with E-state index in [0.29, 0.717) is 18.7 Å². The van der Waals surface area contributed by atoms with E-state index in [1.54, 1.807) is 6.92 Å². The number of hydrogen-bond acceptors (Lipinski definition) is 3. The Balaban J connectivity index is 2.70. The number of aliphatic hydroxyl groups excluding tert-OH is 1. The molecule has 0 atom stereocenters. The van der Waals surface area contributed by atoms with Gasteiger partial charge in [-0.1, -0.05) is 0 Å². The van der Waals surface area contributed by atoms with E-state index in [1.807, 2.05) is 0 Å². The van der Waals surface area contributed by atoms with Gasteiger partial charge in [0, 0.05) is 31.1 Å². The monoisotopic (exact) mass is 210 g/mol. The van der Waals surface area contributed by atoms with Crippen LogP contribution in [0.5, 0.6) is 0 Å². The summed E-state index contributed by atoms with van der Waals surface area (Å²) in [6.45, 7) is 2.13. The normalized spacial score (nSPS) is 10.0. The highest BCUT2D eigenvalue weighted by atomic mass is 16.3. The number of aromatic amines is 1. The molecule has 0 aliphatic carbocycles. The van der Waals surface area contributed by atoms with Crippen molar-refractivity contribution in [1.82, 2.24) is 10.3 Å². The number of amides is 1. The van der Waals surface area contributed by atoms with E-state index in [2.05, 4.69) is 10.3 Å². The predicted molar refractivity (Wildman–Crippen MR) is 55.8 cm³/mol. The van der Waals surface area contributed by atoms with E-state index >= 15 is 0 Å². The molecule has 0 bridgehead atoms. The van der Waals surface area contributed by atoms with Gasteiger partial charge in [-0.05, 0) is 13.3 Å². The Hall–Kier alpha value is -1.62. The maximum Gasteiger partial charge on any atom is 0.256 e. The summed E-state index contributed by atoms with van der Waals surface area (Å²) in [6.07, 6.45) is 1.88. The molecule has 82 valence electrons. The number of nitrogens with one attached hydrogen (secondary N) is 2. The Morgan fingerprint density at radius 1 is 1.60 bits per heavy atom. The van der Waals surface area contributed by atoms with Gasteiger partial charge in [0.2, 0.25) is 0 Å². The van der Waals surface area contributed by atoms with E-state index in [0.717, 1.165) is 0 Å². The Bertz CT molecular complexity index is 398. The van der Waals surface area contributed by atoms with Crippen molar-refractivity contribution in [2.75, 3.05) is 13.2 Å². The number of carbonyl (C=O) groups excluding carboxylic acids is 1. The molecule has 1 amide bonds. The zero-order chi connectivity index (χ0) is 11.3. The van der Waals surface area contributed by atoms with Crippen LogP contribution in [0.25, 0.3) is 0 Å². The predicted octanol–water partition coefficient (Wildman–Crippen LogP) is -0.204. The van der Waals surface area contributed by atoms with Crippen molar-refractivity contribution >= 4 is 5.91 Å². The molecule has 0 aromatic carbocycles. The molecule has 0 fully saturated rings. The molecule has 1 rings (SSSR count). The summed E-state index contributed by atoms with van der Waals surface area (Å²) in [4.78, 5) is 25.6. The van der Waals surface area contributed by atoms with Gasteiger partial charge in [0.15, 0.2) is 5.43 Å². The summed E-state index contributed by atoms with van der Waals surface area (Å²) in [5.74, 6) is -0.412. The molecule has 5 nitrogen and oxygen atoms in total. The lowest BCUT2D eigenvalue weighted by atomic mass is 10.2. The minimum Gasteiger partial charge on any atom is -0.396 e. The molecule has 1 heterocycles. The third-order valence-corrected chi connectivity index (χ3v) is 1.92. The van der Waals surface area contributed by atoms with Crippen LogP contribution in [-0.4, -0.2) is 29.1 Å². The van der Waals surface area contributed by atoms with Gasteiger partial charge in [0.05, 0.1) is 0 Å². The van der Waals surface area contributed by atoms with E-state index in [4.69, 9.17) is 5.11 Å². The van der Waals surface area contributed by atoms with Crippen LogP contribution in [-0.2, 0) is 0 Å². The van der Waals surface area contributed by atoms with Crippen LogP contribution >= 0.6 is 0 Å². The van der Waals surface area contributed by atoms with E-state index < -0.39 is 5.91 Å². The number of hydrogen-bond donors (Lipinski definition) is 3. The number of pyridine rings is 1. The average Bonchev–Trinajstić information content (AvgIpc) is 2.17. The molecule has 1 aromatic rings. The van der Waals surface area contributed by atoms with Gasteiger partial charge in [-0.15, -0.1) is 0 Å². The molecule has 0 spiro atoms. The van der Waals surface area contributed by atoms with Gasteiger partial charge in [-0.2, -0.15) is 0 Å². The fourth-order valence-corrected chi connectivity index (χ4v) is 1.13. The summed E-state index contributed by atoms with van der Waals surface area (Å²) in [7, 11) is 0. The highest BCUT2D eigenvalue weighted by Gasteiger charge is 2.08. The van der Waals surface area contributed by atoms with Gasteiger partial charge in [0.25, 0.3) is 5.91 Å². The van der Waals surface area contributed by atoms with Crippen molar-refractivity contribution in [3.63, 3.8) is 0 Å². The van der Waals surface area contributed by atoms with Crippen LogP contribution in [0.1, 0.15) is 22.5 Å². The van der Waals surface area contributed by atoms with Crippen LogP contribution in [0.4, 0.5) is 0 Å². The smallest absolute Gasteiger partial charge is 0.256 e. The lowest BCUT2D eigenvalue weighted by molar-refractivity contribution is 0.0949. The Kier molecular flexibility index (Phi) is 4.05. The molecule has 0 radical (unpaired) electrons. The van der Waals surface area contributed by atoms with Crippen LogP contribution < -0.4 is 10.7 Å². The zero-order valence-corrected chi connectivity index (χ0v) is 8.54. The van der Waals surface area contributed by atoms with Crippen LogP contribution in [0.3, 0.4) is 0 Å². The molecule has 0 aliphatic rings. The Labute approximate surface area is 87.1 Å². The topological polar surface area (TPSA) is 82.2 Å². The summed E-state index contributed by atoms with van der Waals surface area (Å²) in [5, 5.41) is 11.1. The Morgan fingerprint density at radius 3 is 2.93 bits per heavy atom. The fourth-order valence-electron chi connectivity index (χ4n) is 1.13. The second-order valence-corrected chi connectivity index (χ2v) is 3.23. The first-order valence-electron chi connectivity index (χ1n) is 4.73. The van der Waals surface area contributed by atoms with Gasteiger partial charge < -0.3 is 15.4 Å². The first kappa shape index (κ1) is 11.5. The first-order valence-corrected chi connectivity index (χ1v) is 4.73. The molecule has 0 aliphatic heterocycles. The molecule has 1 aromatic heterocycles. The van der Waals surface area contributed by atoms with Gasteiger partial charge >= 0.3 is 0 Å². The van der Waals surface area contributed by atoms with Crippen LogP contribution in [0.2, 0.25) is 0 Å². The third-order valence-electron chi connectivity index (χ3n) is 1.92. The maximum atomic E-state index is 11.4. The number of carbonyl (C=O) groups is 1. The quantitative estimate of drug-likeness (QED) is 0.602. The maximum absolute atomic E-state index is 11.4. The zero-order valence-electron chi connectivity index (χ0n) is 8.54. The van der Waals surface area contributed by atoms with Crippen molar-refractivity contribution < 1.29 is 9.90 Å². The Morgan fingerprint density at radius 2 is 2.33 bits per heavy atom. The average molecular weight is 210 g/mol. The molecule has 0 saturated carbocycles. The van der Waals surface area contributed by atoms with Crippen molar-refractivity contribution in [1.29, 1.82) is 0 Å².